The summed E-state index contributed by atoms with van der Waals surface area (Å²) in [4.78, 5) is 10.7. The van der Waals surface area contributed by atoms with Crippen LogP contribution in [0.1, 0.15) is 41.0 Å². The van der Waals surface area contributed by atoms with E-state index in [9.17, 15) is 0 Å². The quantitative estimate of drug-likeness (QED) is 0.528. The molecule has 6 nitrogen and oxygen atoms in total. The van der Waals surface area contributed by atoms with Crippen LogP contribution in [0.5, 0.6) is 0 Å². The van der Waals surface area contributed by atoms with E-state index in [-0.39, 0.29) is 6.04 Å². The molecule has 1 aliphatic carbocycles. The van der Waals surface area contributed by atoms with Gasteiger partial charge in [-0.2, -0.15) is 5.11 Å². The first-order valence-corrected chi connectivity index (χ1v) is 10.6. The summed E-state index contributed by atoms with van der Waals surface area (Å²) in [6, 6.07) is 6.35. The first-order chi connectivity index (χ1) is 13.2. The number of hydrogen-bond donors (Lipinski definition) is 4. The highest BCUT2D eigenvalue weighted by Gasteiger charge is 2.33. The second-order valence-electron chi connectivity index (χ2n) is 7.64. The lowest BCUT2D eigenvalue weighted by Crippen LogP contribution is -2.35. The van der Waals surface area contributed by atoms with Crippen LogP contribution >= 0.6 is 11.3 Å². The smallest absolute Gasteiger partial charge is 0.116 e. The highest BCUT2D eigenvalue weighted by molar-refractivity contribution is 7.11. The van der Waals surface area contributed by atoms with Gasteiger partial charge in [-0.3, -0.25) is 4.99 Å². The monoisotopic (exact) mass is 384 g/mol. The molecule has 2 aromatic rings. The molecule has 4 N–H and O–H groups in total. The zero-order valence-corrected chi connectivity index (χ0v) is 16.6. The highest BCUT2D eigenvalue weighted by Crippen LogP contribution is 2.34. The normalized spacial score (nSPS) is 23.2. The maximum atomic E-state index is 7.79. The van der Waals surface area contributed by atoms with Gasteiger partial charge in [-0.25, -0.2) is 5.53 Å². The molecule has 1 atom stereocenters. The number of H-pyrrole nitrogens is 1. The van der Waals surface area contributed by atoms with Crippen LogP contribution in [0.2, 0.25) is 0 Å². The minimum absolute atomic E-state index is 0.107. The summed E-state index contributed by atoms with van der Waals surface area (Å²) in [7, 11) is 0. The molecule has 7 heteroatoms. The van der Waals surface area contributed by atoms with Crippen LogP contribution in [0.15, 0.2) is 34.5 Å². The standard InChI is InChI=1S/C20H28N6S/c1-13-2-7-16(27-13)11-22-10-14-3-5-15(6-4-14)18(26-21)19-17-8-9-23-20(17)25-12-24-19/h2,7-9,14-15,18,21-23,25H,3-6,10-12H2,1H3. The molecule has 1 fully saturated rings. The fourth-order valence-electron chi connectivity index (χ4n) is 4.35. The zero-order chi connectivity index (χ0) is 18.6. The molecule has 0 aromatic carbocycles. The highest BCUT2D eigenvalue weighted by atomic mass is 32.1. The molecule has 0 bridgehead atoms. The number of aromatic amines is 1. The molecule has 0 saturated heterocycles. The van der Waals surface area contributed by atoms with Crippen molar-refractivity contribution < 1.29 is 0 Å². The number of anilines is 1. The summed E-state index contributed by atoms with van der Waals surface area (Å²) in [6.07, 6.45) is 6.60. The third-order valence-electron chi connectivity index (χ3n) is 5.81. The largest absolute Gasteiger partial charge is 0.352 e. The fraction of sp³-hybridized carbons (Fsp3) is 0.550. The predicted molar refractivity (Wildman–Crippen MR) is 111 cm³/mol. The first kappa shape index (κ1) is 18.4. The number of aliphatic imine (C=N–C) groups is 1. The Hall–Kier alpha value is -1.99. The summed E-state index contributed by atoms with van der Waals surface area (Å²) in [5.41, 5.74) is 9.85. The van der Waals surface area contributed by atoms with Crippen molar-refractivity contribution in [1.29, 1.82) is 5.53 Å². The summed E-state index contributed by atoms with van der Waals surface area (Å²) in [5.74, 6) is 2.17. The molecule has 2 aromatic heterocycles. The van der Waals surface area contributed by atoms with Crippen LogP contribution in [0.3, 0.4) is 0 Å². The molecule has 0 spiro atoms. The third kappa shape index (κ3) is 4.14. The van der Waals surface area contributed by atoms with E-state index in [0.29, 0.717) is 12.6 Å². The van der Waals surface area contributed by atoms with Crippen LogP contribution in [0.4, 0.5) is 5.82 Å². The van der Waals surface area contributed by atoms with E-state index in [1.165, 1.54) is 22.6 Å². The molecular weight excluding hydrogens is 356 g/mol. The van der Waals surface area contributed by atoms with E-state index in [4.69, 9.17) is 5.53 Å². The van der Waals surface area contributed by atoms with Gasteiger partial charge in [-0.1, -0.05) is 0 Å². The summed E-state index contributed by atoms with van der Waals surface area (Å²) in [6.45, 7) is 4.78. The average Bonchev–Trinajstić information content (AvgIpc) is 3.33. The minimum atomic E-state index is -0.107. The number of aryl methyl sites for hydroxylation is 1. The molecule has 144 valence electrons. The van der Waals surface area contributed by atoms with Crippen molar-refractivity contribution >= 4 is 22.9 Å². The Balaban J connectivity index is 1.29. The van der Waals surface area contributed by atoms with Gasteiger partial charge in [0.05, 0.1) is 5.71 Å². The summed E-state index contributed by atoms with van der Waals surface area (Å²) < 4.78 is 0. The predicted octanol–water partition coefficient (Wildman–Crippen LogP) is 4.55. The lowest BCUT2D eigenvalue weighted by molar-refractivity contribution is 0.255. The van der Waals surface area contributed by atoms with Crippen molar-refractivity contribution in [2.24, 2.45) is 21.9 Å². The van der Waals surface area contributed by atoms with E-state index in [2.05, 4.69) is 44.8 Å². The Kier molecular flexibility index (Phi) is 5.69. The topological polar surface area (TPSA) is 88.4 Å². The number of nitrogens with zero attached hydrogens (tertiary/aromatic N) is 2. The van der Waals surface area contributed by atoms with Gasteiger partial charge in [-0.15, -0.1) is 11.3 Å². The SMILES string of the molecule is Cc1ccc(CNCC2CCC(C(N=N)C3=NCNc4[nH]ccc43)CC2)s1. The second-order valence-corrected chi connectivity index (χ2v) is 9.02. The van der Waals surface area contributed by atoms with Crippen molar-refractivity contribution in [2.75, 3.05) is 18.5 Å². The Morgan fingerprint density at radius 2 is 2.15 bits per heavy atom. The molecule has 2 aliphatic rings. The molecule has 1 unspecified atom stereocenters. The Bertz CT molecular complexity index is 799. The van der Waals surface area contributed by atoms with E-state index < -0.39 is 0 Å². The molecule has 4 rings (SSSR count). The third-order valence-corrected chi connectivity index (χ3v) is 6.81. The number of aromatic nitrogens is 1. The van der Waals surface area contributed by atoms with Crippen molar-refractivity contribution in [2.45, 2.75) is 45.2 Å². The van der Waals surface area contributed by atoms with Crippen LogP contribution in [0.25, 0.3) is 0 Å². The van der Waals surface area contributed by atoms with Crippen molar-refractivity contribution in [3.8, 4) is 0 Å². The lowest BCUT2D eigenvalue weighted by Gasteiger charge is -2.33. The fourth-order valence-corrected chi connectivity index (χ4v) is 5.21. The molecule has 0 amide bonds. The van der Waals surface area contributed by atoms with Crippen molar-refractivity contribution in [1.82, 2.24) is 10.3 Å². The van der Waals surface area contributed by atoms with E-state index >= 15 is 0 Å². The number of thiophene rings is 1. The van der Waals surface area contributed by atoms with Crippen molar-refractivity contribution in [3.05, 3.63) is 39.7 Å². The van der Waals surface area contributed by atoms with Crippen LogP contribution in [-0.4, -0.2) is 30.0 Å². The summed E-state index contributed by atoms with van der Waals surface area (Å²) >= 11 is 1.88. The van der Waals surface area contributed by atoms with Crippen LogP contribution in [-0.2, 0) is 6.54 Å². The van der Waals surface area contributed by atoms with Crippen LogP contribution < -0.4 is 10.6 Å². The van der Waals surface area contributed by atoms with Gasteiger partial charge < -0.3 is 15.6 Å². The second kappa shape index (κ2) is 8.35. The van der Waals surface area contributed by atoms with Gasteiger partial charge in [0.25, 0.3) is 0 Å². The zero-order valence-electron chi connectivity index (χ0n) is 15.8. The number of hydrogen-bond acceptors (Lipinski definition) is 6. The summed E-state index contributed by atoms with van der Waals surface area (Å²) in [5, 5.41) is 10.9. The van der Waals surface area contributed by atoms with E-state index in [0.717, 1.165) is 48.9 Å². The average molecular weight is 385 g/mol. The first-order valence-electron chi connectivity index (χ1n) is 9.83. The Labute approximate surface area is 164 Å². The van der Waals surface area contributed by atoms with E-state index in [1.807, 2.05) is 23.6 Å². The molecule has 3 heterocycles. The van der Waals surface area contributed by atoms with Gasteiger partial charge in [0.2, 0.25) is 0 Å². The molecule has 27 heavy (non-hydrogen) atoms. The lowest BCUT2D eigenvalue weighted by atomic mass is 9.76. The molecular formula is C20H28N6S. The molecule has 1 saturated carbocycles. The number of nitrogens with one attached hydrogen (secondary N) is 4. The van der Waals surface area contributed by atoms with Gasteiger partial charge in [-0.05, 0) is 69.2 Å². The van der Waals surface area contributed by atoms with Gasteiger partial charge >= 0.3 is 0 Å². The van der Waals surface area contributed by atoms with Gasteiger partial charge in [0.1, 0.15) is 18.5 Å². The molecule has 1 aliphatic heterocycles. The van der Waals surface area contributed by atoms with Crippen LogP contribution in [0, 0.1) is 24.3 Å². The Morgan fingerprint density at radius 1 is 1.30 bits per heavy atom. The number of rotatable bonds is 7. The number of fused-ring (bicyclic) bond motifs is 1. The maximum Gasteiger partial charge on any atom is 0.116 e. The molecule has 0 radical (unpaired) electrons. The van der Waals surface area contributed by atoms with E-state index in [1.54, 1.807) is 0 Å². The van der Waals surface area contributed by atoms with Gasteiger partial charge in [0.15, 0.2) is 0 Å². The maximum absolute atomic E-state index is 7.79. The van der Waals surface area contributed by atoms with Gasteiger partial charge in [0, 0.05) is 28.1 Å². The Morgan fingerprint density at radius 3 is 2.89 bits per heavy atom. The minimum Gasteiger partial charge on any atom is -0.352 e. The van der Waals surface area contributed by atoms with Crippen molar-refractivity contribution in [3.63, 3.8) is 0 Å².